The molecule has 0 aliphatic rings. The smallest absolute Gasteiger partial charge is 0.296 e. The highest BCUT2D eigenvalue weighted by molar-refractivity contribution is 5.93. The Kier molecular flexibility index (Phi) is 2.70. The topological polar surface area (TPSA) is 46.9 Å². The van der Waals surface area contributed by atoms with Gasteiger partial charge in [0, 0.05) is 18.8 Å². The zero-order chi connectivity index (χ0) is 9.84. The number of aromatic nitrogens is 2. The fraction of sp³-hybridized carbons (Fsp3) is 0.333. The van der Waals surface area contributed by atoms with Gasteiger partial charge in [0.2, 0.25) is 0 Å². The van der Waals surface area contributed by atoms with Gasteiger partial charge in [-0.25, -0.2) is 0 Å². The molecular weight excluding hydrogens is 166 g/mol. The minimum atomic E-state index is -0.406. The summed E-state index contributed by atoms with van der Waals surface area (Å²) < 4.78 is 1.67. The first-order chi connectivity index (χ1) is 6.13. The molecule has 0 fully saturated rings. The van der Waals surface area contributed by atoms with E-state index in [9.17, 15) is 4.79 Å². The molecule has 1 atom stereocenters. The lowest BCUT2D eigenvalue weighted by Crippen LogP contribution is -2.24. The second-order valence-corrected chi connectivity index (χ2v) is 2.79. The molecule has 0 saturated heterocycles. The van der Waals surface area contributed by atoms with Gasteiger partial charge in [0.05, 0.1) is 12.2 Å². The van der Waals surface area contributed by atoms with E-state index in [0.717, 1.165) is 5.56 Å². The van der Waals surface area contributed by atoms with Crippen LogP contribution in [0, 0.1) is 12.3 Å². The highest BCUT2D eigenvalue weighted by atomic mass is 16.1. The zero-order valence-corrected chi connectivity index (χ0v) is 7.61. The number of aryl methyl sites for hydroxylation is 1. The van der Waals surface area contributed by atoms with Gasteiger partial charge in [-0.1, -0.05) is 0 Å². The van der Waals surface area contributed by atoms with Crippen LogP contribution in [0.2, 0.25) is 0 Å². The maximum absolute atomic E-state index is 10.8. The third-order valence-corrected chi connectivity index (χ3v) is 1.70. The molecule has 1 aromatic rings. The lowest BCUT2D eigenvalue weighted by Gasteiger charge is -2.08. The average molecular weight is 177 g/mol. The molecule has 1 N–H and O–H groups in total. The fourth-order valence-electron chi connectivity index (χ4n) is 0.985. The molecule has 1 amide bonds. The Balaban J connectivity index is 2.64. The maximum Gasteiger partial charge on any atom is 0.296 e. The van der Waals surface area contributed by atoms with E-state index in [-0.39, 0.29) is 6.04 Å². The summed E-state index contributed by atoms with van der Waals surface area (Å²) in [6, 6.07) is -0.0998. The molecule has 1 unspecified atom stereocenters. The van der Waals surface area contributed by atoms with Gasteiger partial charge >= 0.3 is 0 Å². The summed E-state index contributed by atoms with van der Waals surface area (Å²) in [4.78, 5) is 10.8. The van der Waals surface area contributed by atoms with E-state index in [0.29, 0.717) is 0 Å². The molecular formula is C9H11N3O. The Hall–Kier alpha value is -1.76. The number of rotatable bonds is 2. The lowest BCUT2D eigenvalue weighted by molar-refractivity contribution is -0.116. The number of amides is 1. The number of hydrogen-bond donors (Lipinski definition) is 1. The third kappa shape index (κ3) is 2.34. The van der Waals surface area contributed by atoms with Crippen molar-refractivity contribution in [3.8, 4) is 12.3 Å². The summed E-state index contributed by atoms with van der Waals surface area (Å²) in [5, 5.41) is 6.62. The first kappa shape index (κ1) is 9.33. The van der Waals surface area contributed by atoms with E-state index in [2.05, 4.69) is 10.4 Å². The van der Waals surface area contributed by atoms with Crippen LogP contribution >= 0.6 is 0 Å². The quantitative estimate of drug-likeness (QED) is 0.657. The van der Waals surface area contributed by atoms with Crippen molar-refractivity contribution in [1.29, 1.82) is 0 Å². The van der Waals surface area contributed by atoms with E-state index in [4.69, 9.17) is 6.42 Å². The highest BCUT2D eigenvalue weighted by Crippen LogP contribution is 2.09. The molecule has 68 valence electrons. The summed E-state index contributed by atoms with van der Waals surface area (Å²) in [6.45, 7) is 1.85. The monoisotopic (exact) mass is 177 g/mol. The van der Waals surface area contributed by atoms with Crippen LogP contribution in [0.4, 0.5) is 0 Å². The van der Waals surface area contributed by atoms with Crippen molar-refractivity contribution in [1.82, 2.24) is 15.1 Å². The van der Waals surface area contributed by atoms with Crippen LogP contribution in [0.3, 0.4) is 0 Å². The number of hydrogen-bond acceptors (Lipinski definition) is 2. The van der Waals surface area contributed by atoms with E-state index in [1.165, 1.54) is 0 Å². The Morgan fingerprint density at radius 1 is 1.85 bits per heavy atom. The molecule has 0 saturated carbocycles. The minimum Gasteiger partial charge on any atom is -0.339 e. The zero-order valence-electron chi connectivity index (χ0n) is 7.61. The number of nitrogens with one attached hydrogen (secondary N) is 1. The molecule has 1 rings (SSSR count). The van der Waals surface area contributed by atoms with Gasteiger partial charge in [-0.15, -0.1) is 6.42 Å². The van der Waals surface area contributed by atoms with E-state index in [1.54, 1.807) is 10.9 Å². The van der Waals surface area contributed by atoms with Gasteiger partial charge in [0.1, 0.15) is 0 Å². The number of carbonyl (C=O) groups excluding carboxylic acids is 1. The molecule has 0 aromatic carbocycles. The molecule has 4 nitrogen and oxygen atoms in total. The van der Waals surface area contributed by atoms with E-state index >= 15 is 0 Å². The predicted molar refractivity (Wildman–Crippen MR) is 48.6 cm³/mol. The van der Waals surface area contributed by atoms with Gasteiger partial charge in [-0.3, -0.25) is 9.48 Å². The Labute approximate surface area is 76.9 Å². The fourth-order valence-corrected chi connectivity index (χ4v) is 0.985. The van der Waals surface area contributed by atoms with Crippen LogP contribution in [0.25, 0.3) is 0 Å². The Morgan fingerprint density at radius 3 is 3.00 bits per heavy atom. The number of terminal acetylenes is 1. The first-order valence-corrected chi connectivity index (χ1v) is 3.89. The largest absolute Gasteiger partial charge is 0.339 e. The molecule has 0 spiro atoms. The second kappa shape index (κ2) is 3.76. The second-order valence-electron chi connectivity index (χ2n) is 2.79. The van der Waals surface area contributed by atoms with Crippen molar-refractivity contribution in [3.63, 3.8) is 0 Å². The Morgan fingerprint density at radius 2 is 2.54 bits per heavy atom. The normalized spacial score (nSPS) is 11.8. The van der Waals surface area contributed by atoms with Crippen molar-refractivity contribution in [3.05, 3.63) is 18.0 Å². The lowest BCUT2D eigenvalue weighted by atomic mass is 10.2. The molecule has 0 bridgehead atoms. The summed E-state index contributed by atoms with van der Waals surface area (Å²) in [5.41, 5.74) is 0.936. The van der Waals surface area contributed by atoms with Crippen LogP contribution in [-0.2, 0) is 11.8 Å². The van der Waals surface area contributed by atoms with Crippen LogP contribution < -0.4 is 5.32 Å². The van der Waals surface area contributed by atoms with Crippen molar-refractivity contribution in [2.75, 3.05) is 0 Å². The van der Waals surface area contributed by atoms with Gasteiger partial charge in [-0.05, 0) is 12.8 Å². The average Bonchev–Trinajstić information content (AvgIpc) is 2.51. The van der Waals surface area contributed by atoms with Gasteiger partial charge in [0.15, 0.2) is 0 Å². The van der Waals surface area contributed by atoms with Gasteiger partial charge in [-0.2, -0.15) is 5.10 Å². The highest BCUT2D eigenvalue weighted by Gasteiger charge is 2.08. The van der Waals surface area contributed by atoms with Crippen molar-refractivity contribution < 1.29 is 4.79 Å². The predicted octanol–water partition coefficient (Wildman–Crippen LogP) is 0.230. The molecule has 4 heteroatoms. The molecule has 13 heavy (non-hydrogen) atoms. The third-order valence-electron chi connectivity index (χ3n) is 1.70. The molecule has 0 aliphatic heterocycles. The van der Waals surface area contributed by atoms with Crippen molar-refractivity contribution >= 4 is 5.91 Å². The van der Waals surface area contributed by atoms with Crippen LogP contribution in [0.5, 0.6) is 0 Å². The minimum absolute atomic E-state index is 0.0998. The summed E-state index contributed by atoms with van der Waals surface area (Å²) in [5.74, 6) is 1.59. The molecule has 1 aromatic heterocycles. The van der Waals surface area contributed by atoms with Crippen LogP contribution in [0.15, 0.2) is 12.4 Å². The van der Waals surface area contributed by atoms with Crippen molar-refractivity contribution in [2.45, 2.75) is 13.0 Å². The molecule has 0 radical (unpaired) electrons. The SMILES string of the molecule is C#CC(=O)NC(C)c1cnn(C)c1. The first-order valence-electron chi connectivity index (χ1n) is 3.89. The Bertz CT molecular complexity index is 348. The standard InChI is InChI=1S/C9H11N3O/c1-4-9(13)11-7(2)8-5-10-12(3)6-8/h1,5-7H,2-3H3,(H,11,13). The van der Waals surface area contributed by atoms with E-state index in [1.807, 2.05) is 26.1 Å². The number of nitrogens with zero attached hydrogens (tertiary/aromatic N) is 2. The van der Waals surface area contributed by atoms with E-state index < -0.39 is 5.91 Å². The summed E-state index contributed by atoms with van der Waals surface area (Å²) in [6.07, 6.45) is 8.45. The summed E-state index contributed by atoms with van der Waals surface area (Å²) in [7, 11) is 1.82. The van der Waals surface area contributed by atoms with Crippen LogP contribution in [-0.4, -0.2) is 15.7 Å². The molecule has 0 aliphatic carbocycles. The summed E-state index contributed by atoms with van der Waals surface area (Å²) >= 11 is 0. The van der Waals surface area contributed by atoms with Crippen LogP contribution in [0.1, 0.15) is 18.5 Å². The van der Waals surface area contributed by atoms with Gasteiger partial charge in [0.25, 0.3) is 5.91 Å². The van der Waals surface area contributed by atoms with Crippen molar-refractivity contribution in [2.24, 2.45) is 7.05 Å². The van der Waals surface area contributed by atoms with Gasteiger partial charge < -0.3 is 5.32 Å². The molecule has 1 heterocycles. The maximum atomic E-state index is 10.8. The number of carbonyl (C=O) groups is 1.